The van der Waals surface area contributed by atoms with Gasteiger partial charge in [-0.25, -0.2) is 0 Å². The smallest absolute Gasteiger partial charge is 0.119 e. The van der Waals surface area contributed by atoms with E-state index in [1.807, 2.05) is 0 Å². The van der Waals surface area contributed by atoms with Crippen LogP contribution in [0.25, 0.3) is 0 Å². The van der Waals surface area contributed by atoms with Crippen LogP contribution < -0.4 is 10.1 Å². The van der Waals surface area contributed by atoms with Gasteiger partial charge >= 0.3 is 0 Å². The van der Waals surface area contributed by atoms with Gasteiger partial charge in [0.2, 0.25) is 0 Å². The number of benzene rings is 1. The van der Waals surface area contributed by atoms with E-state index >= 15 is 0 Å². The fourth-order valence-corrected chi connectivity index (χ4v) is 3.27. The molecule has 2 aliphatic rings. The van der Waals surface area contributed by atoms with E-state index in [0.717, 1.165) is 18.9 Å². The van der Waals surface area contributed by atoms with Gasteiger partial charge < -0.3 is 14.8 Å². The third-order valence-electron chi connectivity index (χ3n) is 4.66. The quantitative estimate of drug-likeness (QED) is 0.863. The Balaban J connectivity index is 1.48. The summed E-state index contributed by atoms with van der Waals surface area (Å²) in [5.74, 6) is 1.01. The molecule has 3 rings (SSSR count). The zero-order chi connectivity index (χ0) is 14.5. The van der Waals surface area contributed by atoms with Gasteiger partial charge in [-0.3, -0.25) is 0 Å². The molecule has 3 nitrogen and oxygen atoms in total. The van der Waals surface area contributed by atoms with Crippen molar-refractivity contribution in [2.45, 2.75) is 63.7 Å². The van der Waals surface area contributed by atoms with E-state index in [4.69, 9.17) is 9.47 Å². The molecule has 0 aromatic heterocycles. The van der Waals surface area contributed by atoms with Crippen molar-refractivity contribution in [2.75, 3.05) is 13.2 Å². The summed E-state index contributed by atoms with van der Waals surface area (Å²) in [4.78, 5) is 0. The zero-order valence-corrected chi connectivity index (χ0v) is 13.0. The molecular weight excluding hydrogens is 262 g/mol. The maximum atomic E-state index is 6.01. The van der Waals surface area contributed by atoms with E-state index < -0.39 is 0 Å². The SMILES string of the molecule is C[C@H](NC[C@H]1CCCO1)c1ccc(OC2CCCC2)cc1. The first-order valence-electron chi connectivity index (χ1n) is 8.43. The predicted octanol–water partition coefficient (Wildman–Crippen LogP) is 3.84. The van der Waals surface area contributed by atoms with Crippen LogP contribution in [0.5, 0.6) is 5.75 Å². The molecular formula is C18H27NO2. The molecule has 3 heteroatoms. The van der Waals surface area contributed by atoms with Crippen LogP contribution >= 0.6 is 0 Å². The lowest BCUT2D eigenvalue weighted by atomic mass is 10.1. The highest BCUT2D eigenvalue weighted by Crippen LogP contribution is 2.25. The summed E-state index contributed by atoms with van der Waals surface area (Å²) in [5, 5.41) is 3.57. The largest absolute Gasteiger partial charge is 0.490 e. The lowest BCUT2D eigenvalue weighted by Crippen LogP contribution is -2.28. The fraction of sp³-hybridized carbons (Fsp3) is 0.667. The van der Waals surface area contributed by atoms with Crippen molar-refractivity contribution in [2.24, 2.45) is 0 Å². The van der Waals surface area contributed by atoms with Crippen molar-refractivity contribution < 1.29 is 9.47 Å². The van der Waals surface area contributed by atoms with Crippen molar-refractivity contribution in [1.29, 1.82) is 0 Å². The average molecular weight is 289 g/mol. The number of rotatable bonds is 6. The van der Waals surface area contributed by atoms with E-state index in [9.17, 15) is 0 Å². The van der Waals surface area contributed by atoms with Crippen LogP contribution in [-0.4, -0.2) is 25.4 Å². The molecule has 0 amide bonds. The van der Waals surface area contributed by atoms with E-state index in [0.29, 0.717) is 18.2 Å². The van der Waals surface area contributed by atoms with Crippen molar-refractivity contribution in [1.82, 2.24) is 5.32 Å². The Hall–Kier alpha value is -1.06. The average Bonchev–Trinajstić information content (AvgIpc) is 3.19. The molecule has 2 fully saturated rings. The van der Waals surface area contributed by atoms with E-state index in [1.54, 1.807) is 0 Å². The van der Waals surface area contributed by atoms with Gasteiger partial charge in [0.15, 0.2) is 0 Å². The van der Waals surface area contributed by atoms with E-state index in [1.165, 1.54) is 44.1 Å². The second-order valence-electron chi connectivity index (χ2n) is 6.36. The van der Waals surface area contributed by atoms with Gasteiger partial charge in [-0.2, -0.15) is 0 Å². The monoisotopic (exact) mass is 289 g/mol. The van der Waals surface area contributed by atoms with Crippen LogP contribution in [0.2, 0.25) is 0 Å². The molecule has 0 radical (unpaired) electrons. The summed E-state index contributed by atoms with van der Waals surface area (Å²) in [7, 11) is 0. The first-order chi connectivity index (χ1) is 10.3. The first-order valence-corrected chi connectivity index (χ1v) is 8.43. The molecule has 1 aliphatic heterocycles. The summed E-state index contributed by atoms with van der Waals surface area (Å²) in [5.41, 5.74) is 1.31. The first kappa shape index (κ1) is 14.9. The summed E-state index contributed by atoms with van der Waals surface area (Å²) >= 11 is 0. The molecule has 1 aliphatic carbocycles. The van der Waals surface area contributed by atoms with Crippen molar-refractivity contribution in [3.05, 3.63) is 29.8 Å². The second-order valence-corrected chi connectivity index (χ2v) is 6.36. The van der Waals surface area contributed by atoms with Gasteiger partial charge in [-0.15, -0.1) is 0 Å². The van der Waals surface area contributed by atoms with Crippen LogP contribution in [-0.2, 0) is 4.74 Å². The van der Waals surface area contributed by atoms with Crippen LogP contribution in [0.15, 0.2) is 24.3 Å². The standard InChI is InChI=1S/C18H27NO2/c1-14(19-13-18-7-4-12-20-18)15-8-10-17(11-9-15)21-16-5-2-3-6-16/h8-11,14,16,18-19H,2-7,12-13H2,1H3/t14-,18+/m0/s1. The predicted molar refractivity (Wildman–Crippen MR) is 84.7 cm³/mol. The Morgan fingerprint density at radius 3 is 2.57 bits per heavy atom. The van der Waals surface area contributed by atoms with Crippen LogP contribution in [0.1, 0.15) is 57.1 Å². The van der Waals surface area contributed by atoms with Gasteiger partial charge in [0.25, 0.3) is 0 Å². The normalized spacial score (nSPS) is 24.3. The van der Waals surface area contributed by atoms with E-state index in [-0.39, 0.29) is 0 Å². The number of hydrogen-bond acceptors (Lipinski definition) is 3. The third-order valence-corrected chi connectivity index (χ3v) is 4.66. The third kappa shape index (κ3) is 4.21. The van der Waals surface area contributed by atoms with Gasteiger partial charge in [0.1, 0.15) is 5.75 Å². The number of ether oxygens (including phenoxy) is 2. The number of nitrogens with one attached hydrogen (secondary N) is 1. The van der Waals surface area contributed by atoms with Gasteiger partial charge in [0, 0.05) is 19.2 Å². The molecule has 1 N–H and O–H groups in total. The highest BCUT2D eigenvalue weighted by molar-refractivity contribution is 5.29. The van der Waals surface area contributed by atoms with Crippen molar-refractivity contribution in [3.63, 3.8) is 0 Å². The second kappa shape index (κ2) is 7.28. The Kier molecular flexibility index (Phi) is 5.15. The molecule has 2 atom stereocenters. The maximum absolute atomic E-state index is 6.01. The molecule has 0 spiro atoms. The molecule has 1 heterocycles. The molecule has 0 unspecified atom stereocenters. The van der Waals surface area contributed by atoms with Crippen LogP contribution in [0, 0.1) is 0 Å². The van der Waals surface area contributed by atoms with E-state index in [2.05, 4.69) is 36.5 Å². The molecule has 1 aromatic rings. The minimum absolute atomic E-state index is 0.356. The number of hydrogen-bond donors (Lipinski definition) is 1. The topological polar surface area (TPSA) is 30.5 Å². The van der Waals surface area contributed by atoms with Gasteiger partial charge in [-0.1, -0.05) is 12.1 Å². The molecule has 1 saturated carbocycles. The fourth-order valence-electron chi connectivity index (χ4n) is 3.27. The van der Waals surface area contributed by atoms with Crippen LogP contribution in [0.4, 0.5) is 0 Å². The van der Waals surface area contributed by atoms with Gasteiger partial charge in [-0.05, 0) is 63.1 Å². The Bertz CT molecular complexity index is 419. The Morgan fingerprint density at radius 1 is 1.14 bits per heavy atom. The van der Waals surface area contributed by atoms with Crippen molar-refractivity contribution >= 4 is 0 Å². The summed E-state index contributed by atoms with van der Waals surface area (Å²) in [6.07, 6.45) is 8.27. The van der Waals surface area contributed by atoms with Crippen molar-refractivity contribution in [3.8, 4) is 5.75 Å². The molecule has 1 saturated heterocycles. The Morgan fingerprint density at radius 2 is 1.90 bits per heavy atom. The molecule has 21 heavy (non-hydrogen) atoms. The summed E-state index contributed by atoms with van der Waals surface area (Å²) in [6.45, 7) is 4.08. The minimum Gasteiger partial charge on any atom is -0.490 e. The Labute approximate surface area is 128 Å². The molecule has 116 valence electrons. The minimum atomic E-state index is 0.356. The highest BCUT2D eigenvalue weighted by Gasteiger charge is 2.18. The van der Waals surface area contributed by atoms with Gasteiger partial charge in [0.05, 0.1) is 12.2 Å². The molecule has 0 bridgehead atoms. The molecule has 1 aromatic carbocycles. The zero-order valence-electron chi connectivity index (χ0n) is 13.0. The van der Waals surface area contributed by atoms with Crippen LogP contribution in [0.3, 0.4) is 0 Å². The highest BCUT2D eigenvalue weighted by atomic mass is 16.5. The lowest BCUT2D eigenvalue weighted by molar-refractivity contribution is 0.108. The summed E-state index contributed by atoms with van der Waals surface area (Å²) in [6, 6.07) is 8.93. The summed E-state index contributed by atoms with van der Waals surface area (Å²) < 4.78 is 11.7. The maximum Gasteiger partial charge on any atom is 0.119 e. The lowest BCUT2D eigenvalue weighted by Gasteiger charge is -2.18.